The third-order valence-electron chi connectivity index (χ3n) is 4.19. The van der Waals surface area contributed by atoms with Crippen LogP contribution in [0.4, 0.5) is 11.4 Å². The predicted octanol–water partition coefficient (Wildman–Crippen LogP) is 4.57. The summed E-state index contributed by atoms with van der Waals surface area (Å²) >= 11 is 0. The molecule has 0 aliphatic carbocycles. The summed E-state index contributed by atoms with van der Waals surface area (Å²) in [5.41, 5.74) is 2.47. The van der Waals surface area contributed by atoms with Crippen molar-refractivity contribution in [3.05, 3.63) is 54.1 Å². The van der Waals surface area contributed by atoms with Gasteiger partial charge in [0.2, 0.25) is 5.91 Å². The number of anilines is 2. The molecule has 2 aromatic rings. The van der Waals surface area contributed by atoms with Crippen molar-refractivity contribution >= 4 is 23.2 Å². The van der Waals surface area contributed by atoms with Gasteiger partial charge in [-0.15, -0.1) is 0 Å². The molecular weight excluding hydrogens is 328 g/mol. The van der Waals surface area contributed by atoms with E-state index in [0.717, 1.165) is 17.7 Å². The van der Waals surface area contributed by atoms with Gasteiger partial charge in [-0.05, 0) is 48.2 Å². The van der Waals surface area contributed by atoms with E-state index in [4.69, 9.17) is 4.74 Å². The lowest BCUT2D eigenvalue weighted by Gasteiger charge is -2.15. The van der Waals surface area contributed by atoms with Crippen LogP contribution in [0.25, 0.3) is 0 Å². The van der Waals surface area contributed by atoms with Gasteiger partial charge in [-0.1, -0.05) is 39.0 Å². The fourth-order valence-corrected chi connectivity index (χ4v) is 2.47. The molecule has 1 unspecified atom stereocenters. The van der Waals surface area contributed by atoms with Crippen LogP contribution in [-0.4, -0.2) is 18.4 Å². The standard InChI is InChI=1S/C21H26N2O3/c1-4-15(3)18-8-6-7-9-19(18)26-14-21(25)23-17-12-10-16(11-13-17)22-20(24)5-2/h6-13,15H,4-5,14H2,1-3H3,(H,22,24)(H,23,25). The van der Waals surface area contributed by atoms with Crippen molar-refractivity contribution in [2.75, 3.05) is 17.2 Å². The van der Waals surface area contributed by atoms with Gasteiger partial charge in [0, 0.05) is 17.8 Å². The number of carbonyl (C=O) groups excluding carboxylic acids is 2. The lowest BCUT2D eigenvalue weighted by atomic mass is 9.98. The third kappa shape index (κ3) is 5.62. The third-order valence-corrected chi connectivity index (χ3v) is 4.19. The van der Waals surface area contributed by atoms with Gasteiger partial charge in [-0.25, -0.2) is 0 Å². The first-order valence-electron chi connectivity index (χ1n) is 8.95. The fourth-order valence-electron chi connectivity index (χ4n) is 2.47. The van der Waals surface area contributed by atoms with Crippen LogP contribution in [-0.2, 0) is 9.59 Å². The highest BCUT2D eigenvalue weighted by Crippen LogP contribution is 2.28. The van der Waals surface area contributed by atoms with Crippen LogP contribution in [0.3, 0.4) is 0 Å². The van der Waals surface area contributed by atoms with Gasteiger partial charge in [-0.2, -0.15) is 0 Å². The quantitative estimate of drug-likeness (QED) is 0.730. The van der Waals surface area contributed by atoms with Crippen LogP contribution in [0, 0.1) is 0 Å². The zero-order valence-electron chi connectivity index (χ0n) is 15.5. The maximum absolute atomic E-state index is 12.1. The van der Waals surface area contributed by atoms with Gasteiger partial charge in [0.05, 0.1) is 0 Å². The second kappa shape index (κ2) is 9.61. The number of carbonyl (C=O) groups is 2. The molecule has 0 radical (unpaired) electrons. The van der Waals surface area contributed by atoms with Gasteiger partial charge in [0.1, 0.15) is 5.75 Å². The molecular formula is C21H26N2O3. The highest BCUT2D eigenvalue weighted by Gasteiger charge is 2.11. The Labute approximate surface area is 154 Å². The average molecular weight is 354 g/mol. The van der Waals surface area contributed by atoms with E-state index in [2.05, 4.69) is 24.5 Å². The number of ether oxygens (including phenoxy) is 1. The van der Waals surface area contributed by atoms with Crippen molar-refractivity contribution in [3.63, 3.8) is 0 Å². The second-order valence-electron chi connectivity index (χ2n) is 6.16. The monoisotopic (exact) mass is 354 g/mol. The van der Waals surface area contributed by atoms with Crippen LogP contribution < -0.4 is 15.4 Å². The maximum atomic E-state index is 12.1. The molecule has 0 fully saturated rings. The fraction of sp³-hybridized carbons (Fsp3) is 0.333. The molecule has 0 saturated carbocycles. The Kier molecular flexibility index (Phi) is 7.21. The molecule has 0 saturated heterocycles. The Morgan fingerprint density at radius 3 is 2.08 bits per heavy atom. The number of amides is 2. The molecule has 5 heteroatoms. The molecule has 0 aliphatic rings. The zero-order valence-corrected chi connectivity index (χ0v) is 15.5. The highest BCUT2D eigenvalue weighted by atomic mass is 16.5. The lowest BCUT2D eigenvalue weighted by molar-refractivity contribution is -0.118. The maximum Gasteiger partial charge on any atom is 0.262 e. The molecule has 2 amide bonds. The number of para-hydroxylation sites is 1. The van der Waals surface area contributed by atoms with Crippen molar-refractivity contribution in [2.45, 2.75) is 39.5 Å². The number of nitrogens with one attached hydrogen (secondary N) is 2. The van der Waals surface area contributed by atoms with Gasteiger partial charge < -0.3 is 15.4 Å². The average Bonchev–Trinajstić information content (AvgIpc) is 2.67. The van der Waals surface area contributed by atoms with Crippen LogP contribution in [0.1, 0.15) is 45.1 Å². The molecule has 26 heavy (non-hydrogen) atoms. The summed E-state index contributed by atoms with van der Waals surface area (Å²) in [5, 5.41) is 5.56. The van der Waals surface area contributed by atoms with E-state index in [1.54, 1.807) is 31.2 Å². The summed E-state index contributed by atoms with van der Waals surface area (Å²) in [6, 6.07) is 14.8. The van der Waals surface area contributed by atoms with E-state index >= 15 is 0 Å². The smallest absolute Gasteiger partial charge is 0.262 e. The van der Waals surface area contributed by atoms with Gasteiger partial charge >= 0.3 is 0 Å². The molecule has 2 N–H and O–H groups in total. The summed E-state index contributed by atoms with van der Waals surface area (Å²) in [6.07, 6.45) is 1.43. The van der Waals surface area contributed by atoms with E-state index in [9.17, 15) is 9.59 Å². The Hall–Kier alpha value is -2.82. The molecule has 2 rings (SSSR count). The van der Waals surface area contributed by atoms with E-state index in [0.29, 0.717) is 23.7 Å². The van der Waals surface area contributed by atoms with Crippen LogP contribution in [0.2, 0.25) is 0 Å². The Balaban J connectivity index is 1.90. The van der Waals surface area contributed by atoms with Crippen molar-refractivity contribution in [2.24, 2.45) is 0 Å². The molecule has 0 spiro atoms. The second-order valence-corrected chi connectivity index (χ2v) is 6.16. The Morgan fingerprint density at radius 2 is 1.50 bits per heavy atom. The Morgan fingerprint density at radius 1 is 0.923 bits per heavy atom. The summed E-state index contributed by atoms with van der Waals surface area (Å²) in [4.78, 5) is 23.5. The molecule has 0 bridgehead atoms. The van der Waals surface area contributed by atoms with Gasteiger partial charge in [0.15, 0.2) is 6.61 Å². The normalized spacial score (nSPS) is 11.5. The van der Waals surface area contributed by atoms with Crippen LogP contribution in [0.15, 0.2) is 48.5 Å². The highest BCUT2D eigenvalue weighted by molar-refractivity contribution is 5.93. The van der Waals surface area contributed by atoms with E-state index in [-0.39, 0.29) is 18.4 Å². The Bertz CT molecular complexity index is 741. The topological polar surface area (TPSA) is 67.4 Å². The lowest BCUT2D eigenvalue weighted by Crippen LogP contribution is -2.20. The first-order chi connectivity index (χ1) is 12.5. The molecule has 2 aromatic carbocycles. The van der Waals surface area contributed by atoms with Crippen molar-refractivity contribution in [3.8, 4) is 5.75 Å². The molecule has 5 nitrogen and oxygen atoms in total. The van der Waals surface area contributed by atoms with Crippen LogP contribution in [0.5, 0.6) is 5.75 Å². The molecule has 138 valence electrons. The largest absolute Gasteiger partial charge is 0.483 e. The number of hydrogen-bond donors (Lipinski definition) is 2. The minimum Gasteiger partial charge on any atom is -0.483 e. The minimum absolute atomic E-state index is 0.0461. The summed E-state index contributed by atoms with van der Waals surface area (Å²) in [6.45, 7) is 6.01. The molecule has 1 atom stereocenters. The predicted molar refractivity (Wildman–Crippen MR) is 105 cm³/mol. The van der Waals surface area contributed by atoms with Crippen molar-refractivity contribution in [1.82, 2.24) is 0 Å². The number of benzene rings is 2. The van der Waals surface area contributed by atoms with Crippen LogP contribution >= 0.6 is 0 Å². The first-order valence-corrected chi connectivity index (χ1v) is 8.95. The molecule has 0 aliphatic heterocycles. The number of hydrogen-bond acceptors (Lipinski definition) is 3. The summed E-state index contributed by atoms with van der Waals surface area (Å²) in [7, 11) is 0. The first kappa shape index (κ1) is 19.5. The SMILES string of the molecule is CCC(=O)Nc1ccc(NC(=O)COc2ccccc2C(C)CC)cc1. The summed E-state index contributed by atoms with van der Waals surface area (Å²) < 4.78 is 5.72. The molecule has 0 heterocycles. The van der Waals surface area contributed by atoms with Gasteiger partial charge in [0.25, 0.3) is 5.91 Å². The minimum atomic E-state index is -0.228. The van der Waals surface area contributed by atoms with Crippen molar-refractivity contribution < 1.29 is 14.3 Å². The van der Waals surface area contributed by atoms with E-state index in [1.165, 1.54) is 0 Å². The van der Waals surface area contributed by atoms with E-state index in [1.807, 2.05) is 24.3 Å². The zero-order chi connectivity index (χ0) is 18.9. The van der Waals surface area contributed by atoms with E-state index < -0.39 is 0 Å². The van der Waals surface area contributed by atoms with Crippen molar-refractivity contribution in [1.29, 1.82) is 0 Å². The number of rotatable bonds is 8. The molecule has 0 aromatic heterocycles. The summed E-state index contributed by atoms with van der Waals surface area (Å²) in [5.74, 6) is 0.846. The van der Waals surface area contributed by atoms with Gasteiger partial charge in [-0.3, -0.25) is 9.59 Å².